The van der Waals surface area contributed by atoms with Crippen LogP contribution in [0.3, 0.4) is 0 Å². The van der Waals surface area contributed by atoms with E-state index in [1.54, 1.807) is 4.90 Å². The van der Waals surface area contributed by atoms with Crippen molar-refractivity contribution in [3.8, 4) is 5.75 Å². The lowest BCUT2D eigenvalue weighted by Crippen LogP contribution is -2.49. The van der Waals surface area contributed by atoms with E-state index in [0.29, 0.717) is 0 Å². The highest BCUT2D eigenvalue weighted by Gasteiger charge is 2.35. The zero-order valence-electron chi connectivity index (χ0n) is 14.6. The maximum atomic E-state index is 12.9. The number of sulfonamides is 1. The summed E-state index contributed by atoms with van der Waals surface area (Å²) in [5.41, 5.74) is -1.05. The fourth-order valence-corrected chi connectivity index (χ4v) is 4.66. The van der Waals surface area contributed by atoms with Crippen molar-refractivity contribution >= 4 is 27.4 Å². The molecular weight excluding hydrogens is 421 g/mol. The van der Waals surface area contributed by atoms with Crippen LogP contribution in [-0.2, 0) is 16.2 Å². The second-order valence-electron chi connectivity index (χ2n) is 5.95. The Kier molecular flexibility index (Phi) is 5.69. The van der Waals surface area contributed by atoms with Gasteiger partial charge in [-0.3, -0.25) is 0 Å². The molecule has 0 spiro atoms. The summed E-state index contributed by atoms with van der Waals surface area (Å²) in [6.45, 7) is 0.500. The van der Waals surface area contributed by atoms with E-state index in [0.717, 1.165) is 12.4 Å². The Hall–Kier alpha value is -2.11. The second-order valence-corrected chi connectivity index (χ2v) is 8.29. The summed E-state index contributed by atoms with van der Waals surface area (Å²) in [4.78, 5) is 8.63. The van der Waals surface area contributed by atoms with Gasteiger partial charge in [-0.2, -0.15) is 17.5 Å². The summed E-state index contributed by atoms with van der Waals surface area (Å²) in [7, 11) is -2.53. The predicted molar refractivity (Wildman–Crippen MR) is 96.0 cm³/mol. The van der Waals surface area contributed by atoms with Gasteiger partial charge in [0.1, 0.15) is 28.5 Å². The molecule has 28 heavy (non-hydrogen) atoms. The maximum Gasteiger partial charge on any atom is 0.433 e. The number of halogens is 4. The van der Waals surface area contributed by atoms with E-state index in [1.807, 2.05) is 0 Å². The topological polar surface area (TPSA) is 75.6 Å². The van der Waals surface area contributed by atoms with Gasteiger partial charge in [0.25, 0.3) is 0 Å². The van der Waals surface area contributed by atoms with Crippen LogP contribution in [0.25, 0.3) is 0 Å². The van der Waals surface area contributed by atoms with Crippen LogP contribution in [0.5, 0.6) is 5.75 Å². The number of anilines is 1. The van der Waals surface area contributed by atoms with Crippen molar-refractivity contribution in [3.63, 3.8) is 0 Å². The summed E-state index contributed by atoms with van der Waals surface area (Å²) in [5, 5.41) is 0.249. The third-order valence-electron chi connectivity index (χ3n) is 4.25. The first-order valence-corrected chi connectivity index (χ1v) is 9.92. The molecule has 2 aromatic rings. The van der Waals surface area contributed by atoms with Gasteiger partial charge in [0.15, 0.2) is 0 Å². The van der Waals surface area contributed by atoms with Crippen LogP contribution in [0, 0.1) is 0 Å². The van der Waals surface area contributed by atoms with Gasteiger partial charge < -0.3 is 9.64 Å². The molecule has 0 unspecified atom stereocenters. The number of benzene rings is 1. The number of hydrogen-bond acceptors (Lipinski definition) is 6. The summed E-state index contributed by atoms with van der Waals surface area (Å²) >= 11 is 5.92. The van der Waals surface area contributed by atoms with Gasteiger partial charge in [0.2, 0.25) is 10.0 Å². The van der Waals surface area contributed by atoms with E-state index in [2.05, 4.69) is 9.97 Å². The van der Waals surface area contributed by atoms with Crippen molar-refractivity contribution < 1.29 is 26.3 Å². The van der Waals surface area contributed by atoms with Crippen molar-refractivity contribution in [2.45, 2.75) is 11.1 Å². The molecule has 0 atom stereocenters. The Morgan fingerprint density at radius 1 is 1.11 bits per heavy atom. The lowest BCUT2D eigenvalue weighted by Gasteiger charge is -2.34. The zero-order chi connectivity index (χ0) is 20.5. The Labute approximate surface area is 164 Å². The SMILES string of the molecule is COc1ccc(Cl)cc1S(=O)(=O)N1CCN(c2cc(C(F)(F)F)ncn2)CC1. The molecule has 0 saturated carbocycles. The highest BCUT2D eigenvalue weighted by Crippen LogP contribution is 2.31. The van der Waals surface area contributed by atoms with E-state index in [9.17, 15) is 21.6 Å². The Morgan fingerprint density at radius 2 is 1.79 bits per heavy atom. The number of nitrogens with zero attached hydrogens (tertiary/aromatic N) is 4. The number of hydrogen-bond donors (Lipinski definition) is 0. The van der Waals surface area contributed by atoms with Crippen LogP contribution in [0.1, 0.15) is 5.69 Å². The van der Waals surface area contributed by atoms with Crippen LogP contribution in [0.4, 0.5) is 19.0 Å². The van der Waals surface area contributed by atoms with E-state index in [-0.39, 0.29) is 47.7 Å². The van der Waals surface area contributed by atoms with Crippen molar-refractivity contribution in [3.05, 3.63) is 41.3 Å². The van der Waals surface area contributed by atoms with E-state index in [1.165, 1.54) is 29.6 Å². The summed E-state index contributed by atoms with van der Waals surface area (Å²) in [6, 6.07) is 5.14. The molecule has 1 aromatic carbocycles. The normalized spacial score (nSPS) is 16.2. The summed E-state index contributed by atoms with van der Waals surface area (Å²) < 4.78 is 70.7. The molecule has 1 aliphatic rings. The first kappa shape index (κ1) is 20.6. The van der Waals surface area contributed by atoms with Gasteiger partial charge in [-0.25, -0.2) is 18.4 Å². The maximum absolute atomic E-state index is 12.9. The third kappa shape index (κ3) is 4.15. The van der Waals surface area contributed by atoms with Gasteiger partial charge in [0.05, 0.1) is 7.11 Å². The zero-order valence-corrected chi connectivity index (χ0v) is 16.2. The van der Waals surface area contributed by atoms with Crippen LogP contribution < -0.4 is 9.64 Å². The molecule has 12 heteroatoms. The standard InChI is InChI=1S/C16H16ClF3N4O3S/c1-27-12-3-2-11(17)8-13(12)28(25,26)24-6-4-23(5-7-24)15-9-14(16(18,19)20)21-10-22-15/h2-3,8-10H,4-7H2,1H3. The molecule has 1 aliphatic heterocycles. The molecule has 1 aromatic heterocycles. The molecule has 0 bridgehead atoms. The molecular formula is C16H16ClF3N4O3S. The fourth-order valence-electron chi connectivity index (χ4n) is 2.82. The Balaban J connectivity index is 1.78. The molecule has 1 fully saturated rings. The second kappa shape index (κ2) is 7.72. The quantitative estimate of drug-likeness (QED) is 0.733. The Bertz CT molecular complexity index is 964. The number of aromatic nitrogens is 2. The minimum atomic E-state index is -4.58. The number of methoxy groups -OCH3 is 1. The third-order valence-corrected chi connectivity index (χ3v) is 6.40. The number of alkyl halides is 3. The lowest BCUT2D eigenvalue weighted by atomic mass is 10.3. The van der Waals surface area contributed by atoms with Crippen molar-refractivity contribution in [2.24, 2.45) is 0 Å². The largest absolute Gasteiger partial charge is 0.495 e. The summed E-state index contributed by atoms with van der Waals surface area (Å²) in [6.07, 6.45) is -3.73. The predicted octanol–water partition coefficient (Wildman–Crippen LogP) is 2.67. The first-order chi connectivity index (χ1) is 13.1. The fraction of sp³-hybridized carbons (Fsp3) is 0.375. The molecule has 0 amide bonds. The molecule has 0 aliphatic carbocycles. The van der Waals surface area contributed by atoms with Crippen LogP contribution >= 0.6 is 11.6 Å². The van der Waals surface area contributed by atoms with Crippen molar-refractivity contribution in [1.29, 1.82) is 0 Å². The van der Waals surface area contributed by atoms with Gasteiger partial charge >= 0.3 is 6.18 Å². The lowest BCUT2D eigenvalue weighted by molar-refractivity contribution is -0.141. The van der Waals surface area contributed by atoms with Gasteiger partial charge in [-0.15, -0.1) is 0 Å². The van der Waals surface area contributed by atoms with E-state index >= 15 is 0 Å². The van der Waals surface area contributed by atoms with Crippen LogP contribution in [0.2, 0.25) is 5.02 Å². The number of ether oxygens (including phenoxy) is 1. The van der Waals surface area contributed by atoms with Crippen LogP contribution in [0.15, 0.2) is 35.5 Å². The van der Waals surface area contributed by atoms with Crippen molar-refractivity contribution in [2.75, 3.05) is 38.2 Å². The average Bonchev–Trinajstić information content (AvgIpc) is 2.67. The highest BCUT2D eigenvalue weighted by molar-refractivity contribution is 7.89. The highest BCUT2D eigenvalue weighted by atomic mass is 35.5. The number of rotatable bonds is 4. The molecule has 1 saturated heterocycles. The first-order valence-electron chi connectivity index (χ1n) is 8.11. The minimum Gasteiger partial charge on any atom is -0.495 e. The van der Waals surface area contributed by atoms with Gasteiger partial charge in [0, 0.05) is 37.3 Å². The van der Waals surface area contributed by atoms with Gasteiger partial charge in [-0.05, 0) is 18.2 Å². The van der Waals surface area contributed by atoms with Gasteiger partial charge in [-0.1, -0.05) is 11.6 Å². The molecule has 3 rings (SSSR count). The molecule has 152 valence electrons. The molecule has 2 heterocycles. The minimum absolute atomic E-state index is 0.0580. The molecule has 7 nitrogen and oxygen atoms in total. The monoisotopic (exact) mass is 436 g/mol. The summed E-state index contributed by atoms with van der Waals surface area (Å²) in [5.74, 6) is 0.261. The smallest absolute Gasteiger partial charge is 0.433 e. The van der Waals surface area contributed by atoms with E-state index < -0.39 is 21.9 Å². The average molecular weight is 437 g/mol. The number of piperazine rings is 1. The van der Waals surface area contributed by atoms with E-state index in [4.69, 9.17) is 16.3 Å². The molecule has 0 radical (unpaired) electrons. The molecule has 0 N–H and O–H groups in total. The van der Waals surface area contributed by atoms with Crippen molar-refractivity contribution in [1.82, 2.24) is 14.3 Å². The van der Waals surface area contributed by atoms with Crippen LogP contribution in [-0.4, -0.2) is 56.0 Å². The Morgan fingerprint density at radius 3 is 2.39 bits per heavy atom.